The molecule has 1 amide bonds. The second kappa shape index (κ2) is 7.41. The first-order chi connectivity index (χ1) is 10.8. The summed E-state index contributed by atoms with van der Waals surface area (Å²) in [5, 5.41) is 14.0. The van der Waals surface area contributed by atoms with Crippen LogP contribution in [0.1, 0.15) is 5.56 Å². The van der Waals surface area contributed by atoms with Crippen LogP contribution in [0.15, 0.2) is 42.5 Å². The van der Waals surface area contributed by atoms with E-state index in [0.717, 1.165) is 5.56 Å². The molecule has 0 aromatic heterocycles. The average molecular weight is 354 g/mol. The van der Waals surface area contributed by atoms with Crippen LogP contribution in [-0.2, 0) is 11.2 Å². The Kier molecular flexibility index (Phi) is 5.54. The lowest BCUT2D eigenvalue weighted by Crippen LogP contribution is -2.37. The predicted octanol–water partition coefficient (Wildman–Crippen LogP) is 3.41. The van der Waals surface area contributed by atoms with Gasteiger partial charge in [0.2, 0.25) is 5.91 Å². The molecule has 120 valence electrons. The van der Waals surface area contributed by atoms with Crippen LogP contribution in [0, 0.1) is 10.1 Å². The summed E-state index contributed by atoms with van der Waals surface area (Å²) in [6.07, 6.45) is 0.248. The number of anilines is 1. The number of carbonyl (C=O) groups excluding carboxylic acids is 1. The van der Waals surface area contributed by atoms with Gasteiger partial charge < -0.3 is 11.1 Å². The Hall–Kier alpha value is -2.15. The summed E-state index contributed by atoms with van der Waals surface area (Å²) in [7, 11) is 0. The fourth-order valence-electron chi connectivity index (χ4n) is 1.96. The number of halogens is 2. The highest BCUT2D eigenvalue weighted by atomic mass is 35.5. The standard InChI is InChI=1S/C15H13Cl2N3O3/c16-10-6-11(17)8-12(7-10)19-15(21)14(18)5-9-1-3-13(4-2-9)20(22)23/h1-4,6-8,14H,5,18H2,(H,19,21)/t14-/m0/s1. The van der Waals surface area contributed by atoms with Crippen molar-refractivity contribution in [3.8, 4) is 0 Å². The first kappa shape index (κ1) is 17.2. The largest absolute Gasteiger partial charge is 0.325 e. The highest BCUT2D eigenvalue weighted by Gasteiger charge is 2.15. The maximum Gasteiger partial charge on any atom is 0.269 e. The molecule has 0 radical (unpaired) electrons. The van der Waals surface area contributed by atoms with Crippen LogP contribution in [0.5, 0.6) is 0 Å². The van der Waals surface area contributed by atoms with E-state index < -0.39 is 16.9 Å². The zero-order valence-electron chi connectivity index (χ0n) is 11.8. The average Bonchev–Trinajstić information content (AvgIpc) is 2.46. The molecule has 0 aliphatic heterocycles. The summed E-state index contributed by atoms with van der Waals surface area (Å²) in [4.78, 5) is 22.2. The number of nitro benzene ring substituents is 1. The zero-order valence-corrected chi connectivity index (χ0v) is 13.3. The Morgan fingerprint density at radius 1 is 1.17 bits per heavy atom. The molecule has 0 spiro atoms. The summed E-state index contributed by atoms with van der Waals surface area (Å²) in [6, 6.07) is 9.74. The van der Waals surface area contributed by atoms with Crippen LogP contribution in [0.4, 0.5) is 11.4 Å². The minimum atomic E-state index is -0.811. The first-order valence-electron chi connectivity index (χ1n) is 6.61. The van der Waals surface area contributed by atoms with Crippen LogP contribution < -0.4 is 11.1 Å². The second-order valence-electron chi connectivity index (χ2n) is 4.88. The molecule has 0 saturated carbocycles. The molecule has 0 aliphatic carbocycles. The van der Waals surface area contributed by atoms with Gasteiger partial charge in [0, 0.05) is 27.9 Å². The molecule has 0 fully saturated rings. The summed E-state index contributed by atoms with van der Waals surface area (Å²) in [5.41, 5.74) is 7.02. The van der Waals surface area contributed by atoms with E-state index in [2.05, 4.69) is 5.32 Å². The van der Waals surface area contributed by atoms with Crippen molar-refractivity contribution in [3.63, 3.8) is 0 Å². The number of rotatable bonds is 5. The van der Waals surface area contributed by atoms with Gasteiger partial charge in [-0.3, -0.25) is 14.9 Å². The van der Waals surface area contributed by atoms with Crippen LogP contribution >= 0.6 is 23.2 Å². The van der Waals surface area contributed by atoms with Gasteiger partial charge >= 0.3 is 0 Å². The number of nitrogens with zero attached hydrogens (tertiary/aromatic N) is 1. The molecular weight excluding hydrogens is 341 g/mol. The Bertz CT molecular complexity index is 715. The number of hydrogen-bond donors (Lipinski definition) is 2. The number of nitrogens with two attached hydrogens (primary N) is 1. The van der Waals surface area contributed by atoms with Crippen LogP contribution in [-0.4, -0.2) is 16.9 Å². The third-order valence-corrected chi connectivity index (χ3v) is 3.51. The Morgan fingerprint density at radius 2 is 1.74 bits per heavy atom. The van der Waals surface area contributed by atoms with Gasteiger partial charge in [-0.05, 0) is 30.2 Å². The smallest absolute Gasteiger partial charge is 0.269 e. The lowest BCUT2D eigenvalue weighted by atomic mass is 10.1. The van der Waals surface area contributed by atoms with Crippen molar-refractivity contribution < 1.29 is 9.72 Å². The van der Waals surface area contributed by atoms with Gasteiger partial charge in [-0.1, -0.05) is 35.3 Å². The SMILES string of the molecule is N[C@@H](Cc1ccc([N+](=O)[O-])cc1)C(=O)Nc1cc(Cl)cc(Cl)c1. The van der Waals surface area contributed by atoms with E-state index in [9.17, 15) is 14.9 Å². The molecule has 6 nitrogen and oxygen atoms in total. The van der Waals surface area contributed by atoms with E-state index in [0.29, 0.717) is 15.7 Å². The molecule has 8 heteroatoms. The van der Waals surface area contributed by atoms with Crippen molar-refractivity contribution in [2.24, 2.45) is 5.73 Å². The predicted molar refractivity (Wildman–Crippen MR) is 89.9 cm³/mol. The van der Waals surface area contributed by atoms with Gasteiger partial charge in [-0.2, -0.15) is 0 Å². The van der Waals surface area contributed by atoms with E-state index in [1.165, 1.54) is 12.1 Å². The number of amides is 1. The summed E-state index contributed by atoms with van der Waals surface area (Å²) < 4.78 is 0. The van der Waals surface area contributed by atoms with Crippen molar-refractivity contribution in [2.45, 2.75) is 12.5 Å². The minimum absolute atomic E-state index is 0.0136. The molecule has 0 saturated heterocycles. The molecule has 0 aliphatic rings. The van der Waals surface area contributed by atoms with Crippen molar-refractivity contribution >= 4 is 40.5 Å². The fourth-order valence-corrected chi connectivity index (χ4v) is 2.49. The van der Waals surface area contributed by atoms with Gasteiger partial charge in [0.15, 0.2) is 0 Å². The monoisotopic (exact) mass is 353 g/mol. The number of nitro groups is 1. The maximum atomic E-state index is 12.1. The molecule has 2 aromatic rings. The first-order valence-corrected chi connectivity index (χ1v) is 7.36. The molecule has 1 atom stereocenters. The molecule has 3 N–H and O–H groups in total. The summed E-state index contributed by atoms with van der Waals surface area (Å²) >= 11 is 11.7. The van der Waals surface area contributed by atoms with Gasteiger partial charge in [0.05, 0.1) is 11.0 Å². The molecular formula is C15H13Cl2N3O3. The summed E-state index contributed by atoms with van der Waals surface area (Å²) in [6.45, 7) is 0. The number of hydrogen-bond acceptors (Lipinski definition) is 4. The van der Waals surface area contributed by atoms with Crippen LogP contribution in [0.2, 0.25) is 10.0 Å². The number of carbonyl (C=O) groups is 1. The number of non-ortho nitro benzene ring substituents is 1. The van der Waals surface area contributed by atoms with E-state index >= 15 is 0 Å². The Morgan fingerprint density at radius 3 is 2.26 bits per heavy atom. The summed E-state index contributed by atoms with van der Waals surface area (Å²) in [5.74, 6) is -0.401. The number of benzene rings is 2. The molecule has 0 bridgehead atoms. The van der Waals surface area contributed by atoms with Crippen molar-refractivity contribution in [1.82, 2.24) is 0 Å². The molecule has 0 heterocycles. The topological polar surface area (TPSA) is 98.3 Å². The van der Waals surface area contributed by atoms with Crippen LogP contribution in [0.3, 0.4) is 0 Å². The van der Waals surface area contributed by atoms with E-state index in [-0.39, 0.29) is 12.1 Å². The van der Waals surface area contributed by atoms with Gasteiger partial charge in [-0.25, -0.2) is 0 Å². The van der Waals surface area contributed by atoms with Crippen LogP contribution in [0.25, 0.3) is 0 Å². The minimum Gasteiger partial charge on any atom is -0.325 e. The van der Waals surface area contributed by atoms with E-state index in [4.69, 9.17) is 28.9 Å². The second-order valence-corrected chi connectivity index (χ2v) is 5.75. The molecule has 23 heavy (non-hydrogen) atoms. The molecule has 2 rings (SSSR count). The zero-order chi connectivity index (χ0) is 17.0. The fraction of sp³-hybridized carbons (Fsp3) is 0.133. The number of nitrogens with one attached hydrogen (secondary N) is 1. The maximum absolute atomic E-state index is 12.1. The normalized spacial score (nSPS) is 11.8. The molecule has 2 aromatic carbocycles. The van der Waals surface area contributed by atoms with E-state index in [1.807, 2.05) is 0 Å². The quantitative estimate of drug-likeness (QED) is 0.635. The third-order valence-electron chi connectivity index (χ3n) is 3.07. The van der Waals surface area contributed by atoms with Crippen molar-refractivity contribution in [1.29, 1.82) is 0 Å². The van der Waals surface area contributed by atoms with Gasteiger partial charge in [0.1, 0.15) is 0 Å². The van der Waals surface area contributed by atoms with Gasteiger partial charge in [0.25, 0.3) is 5.69 Å². The van der Waals surface area contributed by atoms with Gasteiger partial charge in [-0.15, -0.1) is 0 Å². The van der Waals surface area contributed by atoms with Crippen molar-refractivity contribution in [3.05, 3.63) is 68.2 Å². The lowest BCUT2D eigenvalue weighted by molar-refractivity contribution is -0.384. The third kappa shape index (κ3) is 4.92. The highest BCUT2D eigenvalue weighted by molar-refractivity contribution is 6.35. The van der Waals surface area contributed by atoms with E-state index in [1.54, 1.807) is 30.3 Å². The highest BCUT2D eigenvalue weighted by Crippen LogP contribution is 2.22. The Balaban J connectivity index is 2.00. The molecule has 0 unspecified atom stereocenters. The van der Waals surface area contributed by atoms with Crippen molar-refractivity contribution in [2.75, 3.05) is 5.32 Å². The lowest BCUT2D eigenvalue weighted by Gasteiger charge is -2.13. The Labute approximate surface area is 142 Å².